The van der Waals surface area contributed by atoms with E-state index in [1.165, 1.54) is 0 Å². The fourth-order valence-corrected chi connectivity index (χ4v) is 4.13. The normalized spacial score (nSPS) is 18.9. The molecule has 1 aromatic carbocycles. The third-order valence-corrected chi connectivity index (χ3v) is 5.85. The number of carbonyl (C=O) groups excluding carboxylic acids is 3. The van der Waals surface area contributed by atoms with E-state index in [0.29, 0.717) is 11.6 Å². The lowest BCUT2D eigenvalue weighted by molar-refractivity contribution is -0.147. The minimum Gasteiger partial charge on any atom is -0.457 e. The molecule has 6 nitrogen and oxygen atoms in total. The van der Waals surface area contributed by atoms with Gasteiger partial charge in [0.1, 0.15) is 0 Å². The maximum Gasteiger partial charge on any atom is 0.311 e. The Hall–Kier alpha value is -2.89. The molecular formula is C23H26N2O4. The van der Waals surface area contributed by atoms with E-state index in [1.807, 2.05) is 51.1 Å². The highest BCUT2D eigenvalue weighted by Gasteiger charge is 2.36. The molecule has 2 aromatic rings. The monoisotopic (exact) mass is 394 g/mol. The topological polar surface area (TPSA) is 68.6 Å². The summed E-state index contributed by atoms with van der Waals surface area (Å²) in [6, 6.07) is 9.99. The Morgan fingerprint density at radius 2 is 1.79 bits per heavy atom. The maximum absolute atomic E-state index is 12.6. The molecule has 2 fully saturated rings. The number of hydrogen-bond donors (Lipinski definition) is 0. The minimum absolute atomic E-state index is 0.102. The van der Waals surface area contributed by atoms with Crippen molar-refractivity contribution in [3.8, 4) is 0 Å². The number of aryl methyl sites for hydroxylation is 2. The zero-order valence-corrected chi connectivity index (χ0v) is 17.1. The molecule has 0 unspecified atom stereocenters. The first-order valence-electron chi connectivity index (χ1n) is 10.1. The molecule has 1 atom stereocenters. The molecule has 0 bridgehead atoms. The molecule has 0 N–H and O–H groups in total. The molecule has 1 aromatic heterocycles. The number of esters is 1. The molecule has 1 aliphatic carbocycles. The van der Waals surface area contributed by atoms with E-state index in [0.717, 1.165) is 35.5 Å². The molecule has 0 spiro atoms. The van der Waals surface area contributed by atoms with E-state index in [4.69, 9.17) is 4.74 Å². The van der Waals surface area contributed by atoms with Gasteiger partial charge < -0.3 is 14.2 Å². The second kappa shape index (κ2) is 7.50. The number of anilines is 1. The number of carbonyl (C=O) groups is 3. The van der Waals surface area contributed by atoms with Crippen LogP contribution in [0.25, 0.3) is 0 Å². The van der Waals surface area contributed by atoms with Crippen molar-refractivity contribution in [2.24, 2.45) is 5.92 Å². The summed E-state index contributed by atoms with van der Waals surface area (Å²) in [6.45, 7) is 5.91. The van der Waals surface area contributed by atoms with Crippen molar-refractivity contribution in [2.75, 3.05) is 18.1 Å². The number of hydrogen-bond acceptors (Lipinski definition) is 4. The van der Waals surface area contributed by atoms with Gasteiger partial charge in [0.05, 0.1) is 5.92 Å². The van der Waals surface area contributed by atoms with Gasteiger partial charge in [0.2, 0.25) is 11.7 Å². The first-order valence-corrected chi connectivity index (χ1v) is 10.1. The van der Waals surface area contributed by atoms with Crippen LogP contribution < -0.4 is 4.90 Å². The van der Waals surface area contributed by atoms with Gasteiger partial charge in [-0.1, -0.05) is 17.7 Å². The minimum atomic E-state index is -0.546. The van der Waals surface area contributed by atoms with Crippen molar-refractivity contribution in [1.82, 2.24) is 4.57 Å². The smallest absolute Gasteiger partial charge is 0.311 e. The van der Waals surface area contributed by atoms with Crippen LogP contribution in [0, 0.1) is 26.7 Å². The Morgan fingerprint density at radius 3 is 2.45 bits per heavy atom. The van der Waals surface area contributed by atoms with Gasteiger partial charge in [-0.15, -0.1) is 0 Å². The summed E-state index contributed by atoms with van der Waals surface area (Å²) < 4.78 is 7.50. The molecule has 29 heavy (non-hydrogen) atoms. The van der Waals surface area contributed by atoms with Gasteiger partial charge in [-0.25, -0.2) is 0 Å². The fourth-order valence-electron chi connectivity index (χ4n) is 4.13. The van der Waals surface area contributed by atoms with Gasteiger partial charge in [0.15, 0.2) is 6.61 Å². The largest absolute Gasteiger partial charge is 0.457 e. The summed E-state index contributed by atoms with van der Waals surface area (Å²) in [5, 5.41) is 0. The Morgan fingerprint density at radius 1 is 1.10 bits per heavy atom. The molecule has 1 aliphatic heterocycles. The van der Waals surface area contributed by atoms with Gasteiger partial charge >= 0.3 is 5.97 Å². The van der Waals surface area contributed by atoms with Crippen LogP contribution in [0.5, 0.6) is 0 Å². The number of aromatic nitrogens is 1. The van der Waals surface area contributed by atoms with Crippen molar-refractivity contribution < 1.29 is 19.1 Å². The van der Waals surface area contributed by atoms with Crippen LogP contribution in [0.4, 0.5) is 5.69 Å². The lowest BCUT2D eigenvalue weighted by atomic mass is 10.1. The SMILES string of the molecule is Cc1ccc(N2C[C@H](C(=O)OCC(=O)c3cc(C)n(C4CC4)c3C)CC2=O)cc1. The highest BCUT2D eigenvalue weighted by atomic mass is 16.5. The molecule has 4 rings (SSSR count). The lowest BCUT2D eigenvalue weighted by Gasteiger charge is -2.16. The van der Waals surface area contributed by atoms with Crippen LogP contribution >= 0.6 is 0 Å². The molecule has 0 radical (unpaired) electrons. The van der Waals surface area contributed by atoms with Crippen LogP contribution in [0.1, 0.15) is 52.6 Å². The number of benzene rings is 1. The maximum atomic E-state index is 12.6. The standard InChI is InChI=1S/C23H26N2O4/c1-14-4-6-18(7-5-14)24-12-17(11-22(24)27)23(28)29-13-21(26)20-10-15(2)25(16(20)3)19-8-9-19/h4-7,10,17,19H,8-9,11-13H2,1-3H3/t17-/m1/s1. The summed E-state index contributed by atoms with van der Waals surface area (Å²) >= 11 is 0. The molecule has 1 amide bonds. The van der Waals surface area contributed by atoms with Crippen LogP contribution in [0.3, 0.4) is 0 Å². The predicted molar refractivity (Wildman–Crippen MR) is 109 cm³/mol. The predicted octanol–water partition coefficient (Wildman–Crippen LogP) is 3.53. The van der Waals surface area contributed by atoms with Crippen molar-refractivity contribution in [3.05, 3.63) is 52.8 Å². The number of ether oxygens (including phenoxy) is 1. The molecule has 2 aliphatic rings. The number of nitrogens with zero attached hydrogens (tertiary/aromatic N) is 2. The van der Waals surface area contributed by atoms with Gasteiger partial charge in [-0.05, 0) is 51.8 Å². The van der Waals surface area contributed by atoms with Crippen molar-refractivity contribution in [2.45, 2.75) is 46.1 Å². The summed E-state index contributed by atoms with van der Waals surface area (Å²) in [5.74, 6) is -1.33. The van der Waals surface area contributed by atoms with Gasteiger partial charge in [0, 0.05) is 41.6 Å². The van der Waals surface area contributed by atoms with E-state index in [-0.39, 0.29) is 31.3 Å². The Balaban J connectivity index is 1.36. The molecule has 2 heterocycles. The zero-order valence-electron chi connectivity index (χ0n) is 17.1. The van der Waals surface area contributed by atoms with E-state index in [1.54, 1.807) is 4.90 Å². The third-order valence-electron chi connectivity index (χ3n) is 5.85. The highest BCUT2D eigenvalue weighted by molar-refractivity contribution is 6.01. The van der Waals surface area contributed by atoms with Gasteiger partial charge in [-0.2, -0.15) is 0 Å². The Labute approximate surface area is 170 Å². The number of amides is 1. The molecule has 6 heteroatoms. The quantitative estimate of drug-likeness (QED) is 0.555. The van der Waals surface area contributed by atoms with Crippen molar-refractivity contribution >= 4 is 23.3 Å². The van der Waals surface area contributed by atoms with Crippen molar-refractivity contribution in [3.63, 3.8) is 0 Å². The van der Waals surface area contributed by atoms with Crippen molar-refractivity contribution in [1.29, 1.82) is 0 Å². The van der Waals surface area contributed by atoms with Crippen LogP contribution in [-0.2, 0) is 14.3 Å². The van der Waals surface area contributed by atoms with E-state index >= 15 is 0 Å². The van der Waals surface area contributed by atoms with Gasteiger partial charge in [-0.3, -0.25) is 14.4 Å². The summed E-state index contributed by atoms with van der Waals surface area (Å²) in [6.07, 6.45) is 2.40. The summed E-state index contributed by atoms with van der Waals surface area (Å²) in [7, 11) is 0. The average Bonchev–Trinajstić information content (AvgIpc) is 3.38. The first kappa shape index (κ1) is 19.4. The molecule has 1 saturated carbocycles. The zero-order chi connectivity index (χ0) is 20.7. The van der Waals surface area contributed by atoms with E-state index < -0.39 is 11.9 Å². The Bertz CT molecular complexity index is 970. The second-order valence-electron chi connectivity index (χ2n) is 8.16. The van der Waals surface area contributed by atoms with E-state index in [2.05, 4.69) is 4.57 Å². The van der Waals surface area contributed by atoms with Crippen LogP contribution in [0.15, 0.2) is 30.3 Å². The number of Topliss-reactive ketones (excluding diaryl/α,β-unsaturated/α-hetero) is 1. The Kier molecular flexibility index (Phi) is 5.03. The van der Waals surface area contributed by atoms with Crippen LogP contribution in [-0.4, -0.2) is 35.4 Å². The third kappa shape index (κ3) is 3.84. The second-order valence-corrected chi connectivity index (χ2v) is 8.16. The lowest BCUT2D eigenvalue weighted by Crippen LogP contribution is -2.27. The molecule has 1 saturated heterocycles. The van der Waals surface area contributed by atoms with E-state index in [9.17, 15) is 14.4 Å². The summed E-state index contributed by atoms with van der Waals surface area (Å²) in [5.41, 5.74) is 4.50. The average molecular weight is 394 g/mol. The summed E-state index contributed by atoms with van der Waals surface area (Å²) in [4.78, 5) is 39.0. The highest BCUT2D eigenvalue weighted by Crippen LogP contribution is 2.38. The number of ketones is 1. The van der Waals surface area contributed by atoms with Gasteiger partial charge in [0.25, 0.3) is 0 Å². The first-order chi connectivity index (χ1) is 13.8. The fraction of sp³-hybridized carbons (Fsp3) is 0.435. The molecular weight excluding hydrogens is 368 g/mol. The number of rotatable bonds is 6. The molecule has 152 valence electrons. The van der Waals surface area contributed by atoms with Crippen LogP contribution in [0.2, 0.25) is 0 Å².